The molecule has 31 heavy (non-hydrogen) atoms. The molecule has 7 heteroatoms. The number of pyridine rings is 1. The van der Waals surface area contributed by atoms with E-state index in [4.69, 9.17) is 9.47 Å². The molecule has 4 aromatic rings. The van der Waals surface area contributed by atoms with Gasteiger partial charge in [0.25, 0.3) is 0 Å². The summed E-state index contributed by atoms with van der Waals surface area (Å²) in [4.78, 5) is 4.40. The molecule has 6 nitrogen and oxygen atoms in total. The van der Waals surface area contributed by atoms with Crippen LogP contribution in [-0.2, 0) is 6.42 Å². The smallest absolute Gasteiger partial charge is 0.196 e. The second-order valence-corrected chi connectivity index (χ2v) is 7.78. The van der Waals surface area contributed by atoms with Crippen LogP contribution in [0.4, 0.5) is 0 Å². The van der Waals surface area contributed by atoms with Crippen LogP contribution in [0.25, 0.3) is 17.1 Å². The summed E-state index contributed by atoms with van der Waals surface area (Å²) in [5, 5.41) is 9.84. The van der Waals surface area contributed by atoms with Gasteiger partial charge in [0.15, 0.2) is 11.0 Å². The van der Waals surface area contributed by atoms with Gasteiger partial charge in [-0.3, -0.25) is 9.55 Å². The van der Waals surface area contributed by atoms with Crippen molar-refractivity contribution in [1.29, 1.82) is 0 Å². The van der Waals surface area contributed by atoms with Crippen molar-refractivity contribution >= 4 is 11.8 Å². The number of aryl methyl sites for hydroxylation is 1. The normalized spacial score (nSPS) is 10.8. The van der Waals surface area contributed by atoms with E-state index >= 15 is 0 Å². The zero-order valence-electron chi connectivity index (χ0n) is 17.6. The molecule has 2 aromatic carbocycles. The summed E-state index contributed by atoms with van der Waals surface area (Å²) in [6.07, 6.45) is 2.68. The van der Waals surface area contributed by atoms with Crippen LogP contribution in [0.1, 0.15) is 12.6 Å². The minimum absolute atomic E-state index is 0.637. The summed E-state index contributed by atoms with van der Waals surface area (Å²) < 4.78 is 13.0. The molecule has 0 fully saturated rings. The summed E-state index contributed by atoms with van der Waals surface area (Å²) in [5.74, 6) is 3.29. The molecule has 0 bridgehead atoms. The van der Waals surface area contributed by atoms with Crippen molar-refractivity contribution in [3.8, 4) is 28.6 Å². The lowest BCUT2D eigenvalue weighted by Crippen LogP contribution is -2.01. The lowest BCUT2D eigenvalue weighted by molar-refractivity contribution is 0.340. The zero-order chi connectivity index (χ0) is 21.5. The van der Waals surface area contributed by atoms with Crippen molar-refractivity contribution in [2.24, 2.45) is 0 Å². The summed E-state index contributed by atoms with van der Waals surface area (Å²) >= 11 is 1.67. The van der Waals surface area contributed by atoms with Crippen molar-refractivity contribution in [2.45, 2.75) is 18.5 Å². The van der Waals surface area contributed by atoms with Crippen molar-refractivity contribution in [3.63, 3.8) is 0 Å². The lowest BCUT2D eigenvalue weighted by Gasteiger charge is -2.12. The van der Waals surface area contributed by atoms with E-state index in [1.165, 1.54) is 0 Å². The second kappa shape index (κ2) is 10.1. The Morgan fingerprint density at radius 2 is 1.68 bits per heavy atom. The van der Waals surface area contributed by atoms with Crippen LogP contribution < -0.4 is 9.47 Å². The summed E-state index contributed by atoms with van der Waals surface area (Å²) in [6, 6.07) is 21.8. The highest BCUT2D eigenvalue weighted by Crippen LogP contribution is 2.30. The van der Waals surface area contributed by atoms with E-state index in [9.17, 15) is 0 Å². The van der Waals surface area contributed by atoms with Crippen molar-refractivity contribution in [2.75, 3.05) is 19.5 Å². The summed E-state index contributed by atoms with van der Waals surface area (Å²) in [7, 11) is 1.66. The number of benzene rings is 2. The summed E-state index contributed by atoms with van der Waals surface area (Å²) in [6.45, 7) is 2.61. The number of nitrogens with zero attached hydrogens (tertiary/aromatic N) is 4. The van der Waals surface area contributed by atoms with Crippen molar-refractivity contribution in [1.82, 2.24) is 19.7 Å². The van der Waals surface area contributed by atoms with Gasteiger partial charge in [-0.15, -0.1) is 10.2 Å². The van der Waals surface area contributed by atoms with Gasteiger partial charge < -0.3 is 9.47 Å². The Morgan fingerprint density at radius 3 is 2.35 bits per heavy atom. The number of rotatable bonds is 9. The predicted octanol–water partition coefficient (Wildman–Crippen LogP) is 5.07. The fraction of sp³-hybridized carbons (Fsp3) is 0.208. The molecule has 0 unspecified atom stereocenters. The Bertz CT molecular complexity index is 1100. The summed E-state index contributed by atoms with van der Waals surface area (Å²) in [5.41, 5.74) is 3.02. The molecule has 0 aliphatic carbocycles. The molecule has 158 valence electrons. The van der Waals surface area contributed by atoms with Crippen LogP contribution in [0, 0.1) is 0 Å². The van der Waals surface area contributed by atoms with Crippen LogP contribution in [0.3, 0.4) is 0 Å². The van der Waals surface area contributed by atoms with E-state index in [1.807, 2.05) is 79.9 Å². The predicted molar refractivity (Wildman–Crippen MR) is 123 cm³/mol. The fourth-order valence-electron chi connectivity index (χ4n) is 3.17. The molecule has 2 aromatic heterocycles. The van der Waals surface area contributed by atoms with Crippen molar-refractivity contribution < 1.29 is 9.47 Å². The molecule has 0 N–H and O–H groups in total. The maximum absolute atomic E-state index is 5.60. The van der Waals surface area contributed by atoms with Crippen LogP contribution in [-0.4, -0.2) is 39.2 Å². The minimum Gasteiger partial charge on any atom is -0.497 e. The Balaban J connectivity index is 1.64. The molecule has 0 amide bonds. The van der Waals surface area contributed by atoms with Gasteiger partial charge in [0.2, 0.25) is 0 Å². The van der Waals surface area contributed by atoms with Gasteiger partial charge >= 0.3 is 0 Å². The quantitative estimate of drug-likeness (QED) is 0.344. The maximum Gasteiger partial charge on any atom is 0.196 e. The van der Waals surface area contributed by atoms with Crippen LogP contribution in [0.2, 0.25) is 0 Å². The molecular weight excluding hydrogens is 408 g/mol. The molecule has 2 heterocycles. The lowest BCUT2D eigenvalue weighted by atomic mass is 10.2. The SMILES string of the molecule is CCOc1ccc(-n2c(SCCc3ccccn3)nnc2-c2ccc(OC)cc2)cc1. The topological polar surface area (TPSA) is 62.1 Å². The van der Waals surface area contributed by atoms with Gasteiger partial charge in [-0.2, -0.15) is 0 Å². The third-order valence-corrected chi connectivity index (χ3v) is 5.63. The number of hydrogen-bond donors (Lipinski definition) is 0. The Kier molecular flexibility index (Phi) is 6.84. The monoisotopic (exact) mass is 432 g/mol. The van der Waals surface area contributed by atoms with E-state index < -0.39 is 0 Å². The Morgan fingerprint density at radius 1 is 0.903 bits per heavy atom. The molecule has 0 saturated carbocycles. The highest BCUT2D eigenvalue weighted by molar-refractivity contribution is 7.99. The number of aromatic nitrogens is 4. The number of ether oxygens (including phenoxy) is 2. The van der Waals surface area contributed by atoms with E-state index in [0.717, 1.165) is 51.6 Å². The Hall–Kier alpha value is -3.32. The van der Waals surface area contributed by atoms with Crippen LogP contribution in [0.15, 0.2) is 78.1 Å². The highest BCUT2D eigenvalue weighted by Gasteiger charge is 2.16. The number of methoxy groups -OCH3 is 1. The van der Waals surface area contributed by atoms with E-state index in [0.29, 0.717) is 6.61 Å². The fourth-order valence-corrected chi connectivity index (χ4v) is 4.09. The van der Waals surface area contributed by atoms with Gasteiger partial charge in [-0.1, -0.05) is 17.8 Å². The third kappa shape index (κ3) is 5.06. The molecule has 0 atom stereocenters. The largest absolute Gasteiger partial charge is 0.497 e. The highest BCUT2D eigenvalue weighted by atomic mass is 32.2. The molecule has 0 saturated heterocycles. The molecular formula is C24H24N4O2S. The third-order valence-electron chi connectivity index (χ3n) is 4.70. The maximum atomic E-state index is 5.60. The van der Waals surface area contributed by atoms with Gasteiger partial charge in [-0.05, 0) is 74.0 Å². The van der Waals surface area contributed by atoms with Gasteiger partial charge in [0, 0.05) is 28.9 Å². The van der Waals surface area contributed by atoms with E-state index in [2.05, 4.69) is 19.7 Å². The van der Waals surface area contributed by atoms with E-state index in [-0.39, 0.29) is 0 Å². The Labute approximate surface area is 186 Å². The zero-order valence-corrected chi connectivity index (χ0v) is 18.4. The molecule has 0 radical (unpaired) electrons. The van der Waals surface area contributed by atoms with E-state index in [1.54, 1.807) is 18.9 Å². The molecule has 0 spiro atoms. The first-order valence-electron chi connectivity index (χ1n) is 10.1. The molecule has 0 aliphatic heterocycles. The van der Waals surface area contributed by atoms with Crippen LogP contribution in [0.5, 0.6) is 11.5 Å². The first-order valence-corrected chi connectivity index (χ1v) is 11.1. The standard InChI is InChI=1S/C24H24N4O2S/c1-3-30-22-13-9-20(10-14-22)28-23(18-7-11-21(29-2)12-8-18)26-27-24(28)31-17-15-19-6-4-5-16-25-19/h4-14,16H,3,15,17H2,1-2H3. The molecule has 4 rings (SSSR count). The van der Waals surface area contributed by atoms with Crippen LogP contribution >= 0.6 is 11.8 Å². The first kappa shape index (κ1) is 20.9. The molecule has 0 aliphatic rings. The average molecular weight is 433 g/mol. The van der Waals surface area contributed by atoms with Gasteiger partial charge in [0.05, 0.1) is 13.7 Å². The van der Waals surface area contributed by atoms with Crippen molar-refractivity contribution in [3.05, 3.63) is 78.6 Å². The number of hydrogen-bond acceptors (Lipinski definition) is 6. The average Bonchev–Trinajstić information content (AvgIpc) is 3.24. The first-order chi connectivity index (χ1) is 15.3. The van der Waals surface area contributed by atoms with Gasteiger partial charge in [0.1, 0.15) is 11.5 Å². The van der Waals surface area contributed by atoms with Gasteiger partial charge in [-0.25, -0.2) is 0 Å². The minimum atomic E-state index is 0.637. The number of thioether (sulfide) groups is 1. The second-order valence-electron chi connectivity index (χ2n) is 6.72.